The number of halogens is 2. The van der Waals surface area contributed by atoms with Crippen LogP contribution in [-0.2, 0) is 6.61 Å². The molecule has 5 rings (SSSR count). The Kier molecular flexibility index (Phi) is 9.71. The first kappa shape index (κ1) is 31.3. The summed E-state index contributed by atoms with van der Waals surface area (Å²) in [5.74, 6) is 2.54. The smallest absolute Gasteiger partial charge is 0.282 e. The van der Waals surface area contributed by atoms with E-state index in [9.17, 15) is 4.79 Å². The van der Waals surface area contributed by atoms with Crippen molar-refractivity contribution in [3.8, 4) is 28.6 Å². The van der Waals surface area contributed by atoms with E-state index in [2.05, 4.69) is 40.9 Å². The van der Waals surface area contributed by atoms with Crippen LogP contribution in [-0.4, -0.2) is 29.6 Å². The molecule has 226 valence electrons. The van der Waals surface area contributed by atoms with Crippen LogP contribution in [0.1, 0.15) is 48.9 Å². The van der Waals surface area contributed by atoms with Crippen LogP contribution in [0.2, 0.25) is 5.02 Å². The third kappa shape index (κ3) is 6.66. The number of methoxy groups -OCH3 is 1. The fraction of sp³-hybridized carbons (Fsp3) is 0.229. The fourth-order valence-corrected chi connectivity index (χ4v) is 5.59. The summed E-state index contributed by atoms with van der Waals surface area (Å²) in [5, 5.41) is 5.82. The summed E-state index contributed by atoms with van der Waals surface area (Å²) in [5.41, 5.74) is 4.77. The highest BCUT2D eigenvalue weighted by Gasteiger charge is 2.19. The third-order valence-corrected chi connectivity index (χ3v) is 7.98. The molecule has 0 aliphatic heterocycles. The van der Waals surface area contributed by atoms with Crippen molar-refractivity contribution >= 4 is 44.6 Å². The van der Waals surface area contributed by atoms with E-state index < -0.39 is 0 Å². The van der Waals surface area contributed by atoms with E-state index in [1.807, 2.05) is 74.5 Å². The van der Waals surface area contributed by atoms with Crippen molar-refractivity contribution in [1.29, 1.82) is 0 Å². The zero-order valence-corrected chi connectivity index (χ0v) is 27.6. The van der Waals surface area contributed by atoms with Gasteiger partial charge < -0.3 is 14.2 Å². The van der Waals surface area contributed by atoms with Crippen LogP contribution in [0.5, 0.6) is 17.2 Å². The fourth-order valence-electron chi connectivity index (χ4n) is 4.89. The van der Waals surface area contributed by atoms with Crippen LogP contribution >= 0.6 is 27.5 Å². The highest BCUT2D eigenvalue weighted by molar-refractivity contribution is 9.10. The molecule has 0 radical (unpaired) electrons. The first-order chi connectivity index (χ1) is 21.2. The Bertz CT molecular complexity index is 1900. The van der Waals surface area contributed by atoms with E-state index in [1.165, 1.54) is 4.68 Å². The van der Waals surface area contributed by atoms with Crippen LogP contribution in [0, 0.1) is 6.92 Å². The lowest BCUT2D eigenvalue weighted by molar-refractivity contribution is 0.282. The van der Waals surface area contributed by atoms with Crippen molar-refractivity contribution in [1.82, 2.24) is 9.66 Å². The molecular weight excluding hydrogens is 642 g/mol. The number of aryl methyl sites for hydroxylation is 1. The minimum atomic E-state index is -0.268. The van der Waals surface area contributed by atoms with Crippen LogP contribution in [0.4, 0.5) is 0 Å². The van der Waals surface area contributed by atoms with Crippen molar-refractivity contribution in [2.45, 2.75) is 40.2 Å². The molecule has 0 bridgehead atoms. The summed E-state index contributed by atoms with van der Waals surface area (Å²) >= 11 is 9.63. The Morgan fingerprint density at radius 3 is 2.48 bits per heavy atom. The Balaban J connectivity index is 1.58. The van der Waals surface area contributed by atoms with Crippen LogP contribution in [0.15, 0.2) is 87.2 Å². The second-order valence-electron chi connectivity index (χ2n) is 10.6. The van der Waals surface area contributed by atoms with E-state index in [-0.39, 0.29) is 11.5 Å². The van der Waals surface area contributed by atoms with Crippen molar-refractivity contribution in [3.05, 3.63) is 115 Å². The molecule has 0 unspecified atom stereocenters. The first-order valence-corrected chi connectivity index (χ1v) is 15.5. The normalized spacial score (nSPS) is 11.5. The maximum Gasteiger partial charge on any atom is 0.282 e. The van der Waals surface area contributed by atoms with Gasteiger partial charge in [0.1, 0.15) is 12.4 Å². The molecule has 1 aromatic heterocycles. The maximum atomic E-state index is 13.9. The number of nitrogens with zero attached hydrogens (tertiary/aromatic N) is 3. The summed E-state index contributed by atoms with van der Waals surface area (Å²) in [4.78, 5) is 18.8. The van der Waals surface area contributed by atoms with E-state index in [0.717, 1.165) is 28.0 Å². The molecule has 0 aliphatic carbocycles. The van der Waals surface area contributed by atoms with Crippen molar-refractivity contribution in [3.63, 3.8) is 0 Å². The topological polar surface area (TPSA) is 74.9 Å². The number of rotatable bonds is 10. The lowest BCUT2D eigenvalue weighted by Gasteiger charge is -2.18. The van der Waals surface area contributed by atoms with Crippen LogP contribution < -0.4 is 19.8 Å². The molecule has 7 nitrogen and oxygen atoms in total. The van der Waals surface area contributed by atoms with Gasteiger partial charge in [-0.3, -0.25) is 4.79 Å². The van der Waals surface area contributed by atoms with Crippen molar-refractivity contribution in [2.75, 3.05) is 13.7 Å². The van der Waals surface area contributed by atoms with E-state index >= 15 is 0 Å². The number of ether oxygens (including phenoxy) is 3. The highest BCUT2D eigenvalue weighted by atomic mass is 79.9. The molecule has 44 heavy (non-hydrogen) atoms. The molecule has 0 saturated heterocycles. The summed E-state index contributed by atoms with van der Waals surface area (Å²) in [6, 6.07) is 22.5. The monoisotopic (exact) mass is 673 g/mol. The van der Waals surface area contributed by atoms with Gasteiger partial charge in [0.15, 0.2) is 17.3 Å². The molecule has 5 aromatic rings. The molecule has 0 atom stereocenters. The van der Waals surface area contributed by atoms with Gasteiger partial charge in [0.2, 0.25) is 0 Å². The lowest BCUT2D eigenvalue weighted by atomic mass is 9.96. The average molecular weight is 675 g/mol. The molecule has 0 aliphatic rings. The molecular formula is C35H33BrClN3O4. The van der Waals surface area contributed by atoms with Gasteiger partial charge in [0, 0.05) is 10.6 Å². The Morgan fingerprint density at radius 1 is 1.02 bits per heavy atom. The quantitative estimate of drug-likeness (QED) is 0.139. The third-order valence-electron chi connectivity index (χ3n) is 7.14. The second-order valence-corrected chi connectivity index (χ2v) is 11.8. The number of para-hydroxylation sites is 1. The molecule has 0 spiro atoms. The summed E-state index contributed by atoms with van der Waals surface area (Å²) in [6.07, 6.45) is 1.62. The maximum absolute atomic E-state index is 13.9. The minimum absolute atomic E-state index is 0.199. The van der Waals surface area contributed by atoms with E-state index in [0.29, 0.717) is 56.5 Å². The predicted molar refractivity (Wildman–Crippen MR) is 181 cm³/mol. The number of hydrogen-bond acceptors (Lipinski definition) is 6. The zero-order valence-electron chi connectivity index (χ0n) is 25.2. The van der Waals surface area contributed by atoms with Gasteiger partial charge in [0.05, 0.1) is 35.3 Å². The standard InChI is InChI=1S/C35H33BrClN3O4/c1-6-43-31-15-22(4)28(18-27(31)21(2)3)34-39-30-10-8-7-9-26(30)35(41)40(34)38-19-24-16-29(36)33(32(17-24)42-5)44-20-23-11-13-25(37)14-12-23/h7-19,21H,6,20H2,1-5H3. The largest absolute Gasteiger partial charge is 0.494 e. The van der Waals surface area contributed by atoms with E-state index in [4.69, 9.17) is 30.8 Å². The van der Waals surface area contributed by atoms with Crippen LogP contribution in [0.3, 0.4) is 0 Å². The summed E-state index contributed by atoms with van der Waals surface area (Å²) in [7, 11) is 1.58. The van der Waals surface area contributed by atoms with Gasteiger partial charge in [-0.25, -0.2) is 4.98 Å². The highest BCUT2D eigenvalue weighted by Crippen LogP contribution is 2.37. The lowest BCUT2D eigenvalue weighted by Crippen LogP contribution is -2.21. The summed E-state index contributed by atoms with van der Waals surface area (Å²) in [6.45, 7) is 9.08. The van der Waals surface area contributed by atoms with Gasteiger partial charge in [-0.2, -0.15) is 9.78 Å². The Labute approximate surface area is 270 Å². The number of aromatic nitrogens is 2. The Morgan fingerprint density at radius 2 is 1.77 bits per heavy atom. The van der Waals surface area contributed by atoms with Gasteiger partial charge in [-0.15, -0.1) is 0 Å². The summed E-state index contributed by atoms with van der Waals surface area (Å²) < 4.78 is 19.7. The predicted octanol–water partition coefficient (Wildman–Crippen LogP) is 8.78. The SMILES string of the molecule is CCOc1cc(C)c(-c2nc3ccccc3c(=O)n2N=Cc2cc(Br)c(OCc3ccc(Cl)cc3)c(OC)c2)cc1C(C)C. The van der Waals surface area contributed by atoms with Crippen molar-refractivity contribution < 1.29 is 14.2 Å². The first-order valence-electron chi connectivity index (χ1n) is 14.3. The van der Waals surface area contributed by atoms with Crippen molar-refractivity contribution in [2.24, 2.45) is 5.10 Å². The molecule has 0 saturated carbocycles. The molecule has 1 heterocycles. The van der Waals surface area contributed by atoms with Gasteiger partial charge >= 0.3 is 0 Å². The number of hydrogen-bond donors (Lipinski definition) is 0. The molecule has 0 N–H and O–H groups in total. The Hall–Kier alpha value is -4.14. The van der Waals surface area contributed by atoms with Gasteiger partial charge in [0.25, 0.3) is 5.56 Å². The van der Waals surface area contributed by atoms with E-state index in [1.54, 1.807) is 19.4 Å². The number of benzene rings is 4. The molecule has 0 amide bonds. The van der Waals surface area contributed by atoms with Gasteiger partial charge in [-0.1, -0.05) is 49.7 Å². The molecule has 0 fully saturated rings. The minimum Gasteiger partial charge on any atom is -0.494 e. The second kappa shape index (κ2) is 13.7. The average Bonchev–Trinajstić information content (AvgIpc) is 3.00. The zero-order chi connectivity index (χ0) is 31.4. The van der Waals surface area contributed by atoms with Crippen LogP contribution in [0.25, 0.3) is 22.3 Å². The van der Waals surface area contributed by atoms with Gasteiger partial charge in [-0.05, 0) is 106 Å². The number of fused-ring (bicyclic) bond motifs is 1. The molecule has 9 heteroatoms. The molecule has 4 aromatic carbocycles.